The molecule has 0 spiro atoms. The van der Waals surface area contributed by atoms with Crippen molar-refractivity contribution in [1.82, 2.24) is 0 Å². The zero-order valence-electron chi connectivity index (χ0n) is 11.0. The van der Waals surface area contributed by atoms with Gasteiger partial charge < -0.3 is 4.74 Å². The van der Waals surface area contributed by atoms with E-state index in [-0.39, 0.29) is 17.6 Å². The number of benzene rings is 2. The fourth-order valence-corrected chi connectivity index (χ4v) is 2.50. The lowest BCUT2D eigenvalue weighted by Crippen LogP contribution is -2.15. The summed E-state index contributed by atoms with van der Waals surface area (Å²) in [6, 6.07) is 14.6. The van der Waals surface area contributed by atoms with Crippen molar-refractivity contribution in [1.29, 1.82) is 0 Å². The maximum Gasteiger partial charge on any atom is 0.229 e. The third-order valence-corrected chi connectivity index (χ3v) is 3.59. The van der Waals surface area contributed by atoms with Gasteiger partial charge in [-0.1, -0.05) is 41.9 Å². The Balaban J connectivity index is 2.01. The van der Waals surface area contributed by atoms with Gasteiger partial charge in [0.15, 0.2) is 0 Å². The smallest absolute Gasteiger partial charge is 0.229 e. The molecule has 0 amide bonds. The minimum atomic E-state index is -0.341. The molecule has 3 rings (SSSR count). The highest BCUT2D eigenvalue weighted by molar-refractivity contribution is 6.30. The summed E-state index contributed by atoms with van der Waals surface area (Å²) in [6.07, 6.45) is 1.46. The zero-order chi connectivity index (χ0) is 14.8. The normalized spacial score (nSPS) is 16.6. The maximum atomic E-state index is 10.9. The average Bonchev–Trinajstić information content (AvgIpc) is 2.47. The number of hydrogen-bond acceptors (Lipinski definition) is 3. The summed E-state index contributed by atoms with van der Waals surface area (Å²) in [5, 5.41) is 11.5. The van der Waals surface area contributed by atoms with Crippen LogP contribution in [0.2, 0.25) is 5.02 Å². The van der Waals surface area contributed by atoms with E-state index in [1.54, 1.807) is 18.2 Å². The number of ether oxygens (including phenoxy) is 1. The van der Waals surface area contributed by atoms with Gasteiger partial charge in [-0.2, -0.15) is 0 Å². The van der Waals surface area contributed by atoms with Crippen LogP contribution in [0.5, 0.6) is 5.75 Å². The van der Waals surface area contributed by atoms with Crippen LogP contribution in [-0.2, 0) is 0 Å². The molecule has 21 heavy (non-hydrogen) atoms. The Labute approximate surface area is 126 Å². The monoisotopic (exact) mass is 301 g/mol. The summed E-state index contributed by atoms with van der Waals surface area (Å²) in [5.41, 5.74) is 2.36. The minimum absolute atomic E-state index is 0.218. The molecule has 0 N–H and O–H groups in total. The Kier molecular flexibility index (Phi) is 3.62. The van der Waals surface area contributed by atoms with Crippen LogP contribution in [-0.4, -0.2) is 11.5 Å². The molecule has 0 radical (unpaired) electrons. The summed E-state index contributed by atoms with van der Waals surface area (Å²) in [4.78, 5) is 10.5. The number of para-hydroxylation sites is 1. The lowest BCUT2D eigenvalue weighted by molar-refractivity contribution is -0.465. The predicted octanol–water partition coefficient (Wildman–Crippen LogP) is 4.13. The van der Waals surface area contributed by atoms with Crippen LogP contribution in [0.25, 0.3) is 5.57 Å². The van der Waals surface area contributed by atoms with E-state index in [4.69, 9.17) is 16.3 Å². The molecule has 2 aromatic carbocycles. The molecular weight excluding hydrogens is 290 g/mol. The van der Waals surface area contributed by atoms with Crippen LogP contribution in [0.15, 0.2) is 54.6 Å². The van der Waals surface area contributed by atoms with Gasteiger partial charge in [-0.3, -0.25) is 10.1 Å². The topological polar surface area (TPSA) is 52.4 Å². The van der Waals surface area contributed by atoms with Gasteiger partial charge in [-0.25, -0.2) is 0 Å². The lowest BCUT2D eigenvalue weighted by atomic mass is 9.97. The van der Waals surface area contributed by atoms with Crippen molar-refractivity contribution < 1.29 is 9.66 Å². The number of hydrogen-bond donors (Lipinski definition) is 0. The molecule has 4 nitrogen and oxygen atoms in total. The Hall–Kier alpha value is -2.33. The number of fused-ring (bicyclic) bond motifs is 1. The standard InChI is InChI=1S/C16H12ClNO3/c17-13-7-5-11(6-8-13)16-9-12(10-18(19)20)14-3-1-2-4-15(14)21-16/h1-9,16H,10H2. The van der Waals surface area contributed by atoms with Gasteiger partial charge in [0.1, 0.15) is 11.9 Å². The summed E-state index contributed by atoms with van der Waals surface area (Å²) < 4.78 is 5.93. The van der Waals surface area contributed by atoms with E-state index in [9.17, 15) is 10.1 Å². The molecule has 0 saturated heterocycles. The summed E-state index contributed by atoms with van der Waals surface area (Å²) in [6.45, 7) is -0.218. The first-order valence-corrected chi connectivity index (χ1v) is 6.85. The molecule has 1 atom stereocenters. The Bertz CT molecular complexity index is 710. The zero-order valence-corrected chi connectivity index (χ0v) is 11.8. The third-order valence-electron chi connectivity index (χ3n) is 3.34. The van der Waals surface area contributed by atoms with Gasteiger partial charge in [0.2, 0.25) is 6.54 Å². The number of nitro groups is 1. The first-order chi connectivity index (χ1) is 10.1. The summed E-state index contributed by atoms with van der Waals surface area (Å²) in [7, 11) is 0. The highest BCUT2D eigenvalue weighted by atomic mass is 35.5. The highest BCUT2D eigenvalue weighted by Crippen LogP contribution is 2.37. The summed E-state index contributed by atoms with van der Waals surface area (Å²) >= 11 is 5.88. The predicted molar refractivity (Wildman–Crippen MR) is 81.1 cm³/mol. The number of halogens is 1. The quantitative estimate of drug-likeness (QED) is 0.632. The van der Waals surface area contributed by atoms with E-state index in [1.807, 2.05) is 36.4 Å². The van der Waals surface area contributed by atoms with Crippen LogP contribution in [0.3, 0.4) is 0 Å². The van der Waals surface area contributed by atoms with Gasteiger partial charge in [0, 0.05) is 21.1 Å². The van der Waals surface area contributed by atoms with Gasteiger partial charge >= 0.3 is 0 Å². The molecular formula is C16H12ClNO3. The minimum Gasteiger partial charge on any atom is -0.481 e. The second-order valence-corrected chi connectivity index (χ2v) is 5.21. The van der Waals surface area contributed by atoms with Crippen LogP contribution in [0.4, 0.5) is 0 Å². The molecule has 0 aliphatic carbocycles. The van der Waals surface area contributed by atoms with E-state index in [1.165, 1.54) is 0 Å². The maximum absolute atomic E-state index is 10.9. The lowest BCUT2D eigenvalue weighted by Gasteiger charge is -2.24. The van der Waals surface area contributed by atoms with Crippen LogP contribution >= 0.6 is 11.6 Å². The molecule has 106 valence electrons. The van der Waals surface area contributed by atoms with Gasteiger partial charge in [-0.15, -0.1) is 0 Å². The van der Waals surface area contributed by atoms with Gasteiger partial charge in [0.25, 0.3) is 0 Å². The number of rotatable bonds is 3. The summed E-state index contributed by atoms with van der Waals surface area (Å²) in [5.74, 6) is 0.664. The van der Waals surface area contributed by atoms with Crippen LogP contribution in [0.1, 0.15) is 17.2 Å². The second kappa shape index (κ2) is 5.58. The van der Waals surface area contributed by atoms with Crippen molar-refractivity contribution in [3.63, 3.8) is 0 Å². The largest absolute Gasteiger partial charge is 0.481 e. The molecule has 1 heterocycles. The molecule has 0 aromatic heterocycles. The Morgan fingerprint density at radius 2 is 1.86 bits per heavy atom. The van der Waals surface area contributed by atoms with Crippen molar-refractivity contribution in [2.75, 3.05) is 6.54 Å². The third kappa shape index (κ3) is 2.90. The van der Waals surface area contributed by atoms with Gasteiger partial charge in [-0.05, 0) is 29.8 Å². The fourth-order valence-electron chi connectivity index (χ4n) is 2.37. The van der Waals surface area contributed by atoms with Gasteiger partial charge in [0.05, 0.1) is 0 Å². The van der Waals surface area contributed by atoms with E-state index in [2.05, 4.69) is 0 Å². The van der Waals surface area contributed by atoms with E-state index < -0.39 is 0 Å². The highest BCUT2D eigenvalue weighted by Gasteiger charge is 2.24. The molecule has 1 aliphatic heterocycles. The molecule has 0 fully saturated rings. The fraction of sp³-hybridized carbons (Fsp3) is 0.125. The van der Waals surface area contributed by atoms with Crippen molar-refractivity contribution >= 4 is 17.2 Å². The molecule has 1 aliphatic rings. The Morgan fingerprint density at radius 1 is 1.14 bits per heavy atom. The van der Waals surface area contributed by atoms with Crippen molar-refractivity contribution in [2.45, 2.75) is 6.10 Å². The van der Waals surface area contributed by atoms with E-state index in [0.29, 0.717) is 16.3 Å². The van der Waals surface area contributed by atoms with Crippen molar-refractivity contribution in [3.05, 3.63) is 80.9 Å². The first kappa shape index (κ1) is 13.6. The molecule has 5 heteroatoms. The molecule has 0 saturated carbocycles. The van der Waals surface area contributed by atoms with E-state index in [0.717, 1.165) is 11.1 Å². The first-order valence-electron chi connectivity index (χ1n) is 6.47. The van der Waals surface area contributed by atoms with Crippen LogP contribution < -0.4 is 4.74 Å². The molecule has 2 aromatic rings. The second-order valence-electron chi connectivity index (χ2n) is 4.77. The van der Waals surface area contributed by atoms with Crippen molar-refractivity contribution in [2.24, 2.45) is 0 Å². The SMILES string of the molecule is O=[N+]([O-])CC1=CC(c2ccc(Cl)cc2)Oc2ccccc21. The van der Waals surface area contributed by atoms with Crippen LogP contribution in [0, 0.1) is 10.1 Å². The number of nitrogens with zero attached hydrogens (tertiary/aromatic N) is 1. The molecule has 1 unspecified atom stereocenters. The Morgan fingerprint density at radius 3 is 2.57 bits per heavy atom. The average molecular weight is 302 g/mol. The molecule has 0 bridgehead atoms. The van der Waals surface area contributed by atoms with Crippen molar-refractivity contribution in [3.8, 4) is 5.75 Å². The van der Waals surface area contributed by atoms with E-state index >= 15 is 0 Å².